The molecule has 1 aliphatic rings. The average Bonchev–Trinajstić information content (AvgIpc) is 3.04. The van der Waals surface area contributed by atoms with Crippen LogP contribution in [0, 0.1) is 13.8 Å². The first kappa shape index (κ1) is 13.1. The van der Waals surface area contributed by atoms with Crippen LogP contribution in [0.4, 0.5) is 0 Å². The lowest BCUT2D eigenvalue weighted by Gasteiger charge is -2.08. The number of hydrogen-bond donors (Lipinski definition) is 0. The second-order valence-electron chi connectivity index (χ2n) is 4.70. The van der Waals surface area contributed by atoms with Crippen LogP contribution in [-0.2, 0) is 9.53 Å². The summed E-state index contributed by atoms with van der Waals surface area (Å²) in [6, 6.07) is 6.03. The zero-order chi connectivity index (χ0) is 14.1. The fourth-order valence-corrected chi connectivity index (χ4v) is 2.94. The number of rotatable bonds is 3. The van der Waals surface area contributed by atoms with Crippen LogP contribution in [0.3, 0.4) is 0 Å². The number of aromatic nitrogens is 4. The Morgan fingerprint density at radius 3 is 2.90 bits per heavy atom. The van der Waals surface area contributed by atoms with Gasteiger partial charge in [-0.15, -0.1) is 5.10 Å². The Labute approximate surface area is 120 Å². The van der Waals surface area contributed by atoms with Gasteiger partial charge in [-0.25, -0.2) is 0 Å². The molecule has 1 aromatic carbocycles. The van der Waals surface area contributed by atoms with Crippen molar-refractivity contribution < 1.29 is 9.53 Å². The first-order valence-electron chi connectivity index (χ1n) is 6.34. The highest BCUT2D eigenvalue weighted by Crippen LogP contribution is 2.29. The molecule has 0 bridgehead atoms. The van der Waals surface area contributed by atoms with Crippen LogP contribution in [0.2, 0.25) is 0 Å². The summed E-state index contributed by atoms with van der Waals surface area (Å²) in [5, 5.41) is 12.1. The standard InChI is InChI=1S/C13H14N4O2S/c1-8-3-4-10(7-9(8)2)17-13(14-15-16-17)20-11-5-6-19-12(11)18/h3-4,7,11H,5-6H2,1-2H3/t11-/m0/s1. The van der Waals surface area contributed by atoms with Crippen molar-refractivity contribution in [1.82, 2.24) is 20.2 Å². The van der Waals surface area contributed by atoms with E-state index in [4.69, 9.17) is 4.74 Å². The minimum absolute atomic E-state index is 0.190. The van der Waals surface area contributed by atoms with Crippen molar-refractivity contribution in [2.75, 3.05) is 6.61 Å². The third kappa shape index (κ3) is 2.40. The van der Waals surface area contributed by atoms with Crippen molar-refractivity contribution in [2.45, 2.75) is 30.7 Å². The van der Waals surface area contributed by atoms with E-state index >= 15 is 0 Å². The summed E-state index contributed by atoms with van der Waals surface area (Å²) in [5.41, 5.74) is 3.29. The van der Waals surface area contributed by atoms with Crippen molar-refractivity contribution in [3.8, 4) is 5.69 Å². The van der Waals surface area contributed by atoms with Gasteiger partial charge in [0.05, 0.1) is 12.3 Å². The maximum atomic E-state index is 11.5. The number of carbonyl (C=O) groups is 1. The number of thioether (sulfide) groups is 1. The van der Waals surface area contributed by atoms with Crippen LogP contribution in [0.1, 0.15) is 17.5 Å². The van der Waals surface area contributed by atoms with E-state index in [2.05, 4.69) is 22.4 Å². The Bertz CT molecular complexity index is 656. The molecule has 2 aromatic rings. The second kappa shape index (κ2) is 5.24. The van der Waals surface area contributed by atoms with Crippen LogP contribution in [0.15, 0.2) is 23.4 Å². The second-order valence-corrected chi connectivity index (χ2v) is 5.87. The fraction of sp³-hybridized carbons (Fsp3) is 0.385. The zero-order valence-corrected chi connectivity index (χ0v) is 12.1. The van der Waals surface area contributed by atoms with Crippen molar-refractivity contribution in [3.05, 3.63) is 29.3 Å². The quantitative estimate of drug-likeness (QED) is 0.801. The van der Waals surface area contributed by atoms with Crippen LogP contribution >= 0.6 is 11.8 Å². The molecule has 0 amide bonds. The number of benzene rings is 1. The number of ether oxygens (including phenoxy) is 1. The SMILES string of the molecule is Cc1ccc(-n2nnnc2S[C@H]2CCOC2=O)cc1C. The smallest absolute Gasteiger partial charge is 0.319 e. The minimum atomic E-state index is -0.216. The summed E-state index contributed by atoms with van der Waals surface area (Å²) >= 11 is 1.35. The molecule has 3 rings (SSSR count). The third-order valence-electron chi connectivity index (χ3n) is 3.31. The van der Waals surface area contributed by atoms with Crippen LogP contribution in [0.5, 0.6) is 0 Å². The largest absolute Gasteiger partial charge is 0.465 e. The molecule has 1 saturated heterocycles. The maximum Gasteiger partial charge on any atom is 0.319 e. The molecule has 2 heterocycles. The van der Waals surface area contributed by atoms with Crippen LogP contribution < -0.4 is 0 Å². The number of tetrazole rings is 1. The Kier molecular flexibility index (Phi) is 3.43. The summed E-state index contributed by atoms with van der Waals surface area (Å²) in [6.45, 7) is 4.58. The van der Waals surface area contributed by atoms with E-state index in [1.165, 1.54) is 22.9 Å². The summed E-state index contributed by atoms with van der Waals surface area (Å²) in [4.78, 5) is 11.5. The lowest BCUT2D eigenvalue weighted by Crippen LogP contribution is -2.11. The summed E-state index contributed by atoms with van der Waals surface area (Å²) in [7, 11) is 0. The van der Waals surface area contributed by atoms with Gasteiger partial charge in [0.25, 0.3) is 0 Å². The number of esters is 1. The first-order chi connectivity index (χ1) is 9.65. The van der Waals surface area contributed by atoms with Gasteiger partial charge >= 0.3 is 5.97 Å². The Morgan fingerprint density at radius 2 is 2.20 bits per heavy atom. The third-order valence-corrected chi connectivity index (χ3v) is 4.49. The van der Waals surface area contributed by atoms with Gasteiger partial charge in [-0.2, -0.15) is 4.68 Å². The van der Waals surface area contributed by atoms with Crippen molar-refractivity contribution in [2.24, 2.45) is 0 Å². The zero-order valence-electron chi connectivity index (χ0n) is 11.2. The van der Waals surface area contributed by atoms with E-state index < -0.39 is 0 Å². The van der Waals surface area contributed by atoms with Gasteiger partial charge in [0.15, 0.2) is 0 Å². The number of nitrogens with zero attached hydrogens (tertiary/aromatic N) is 4. The monoisotopic (exact) mass is 290 g/mol. The molecule has 0 N–H and O–H groups in total. The molecular formula is C13H14N4O2S. The molecule has 7 heteroatoms. The number of cyclic esters (lactones) is 1. The van der Waals surface area contributed by atoms with Gasteiger partial charge in [0.2, 0.25) is 5.16 Å². The van der Waals surface area contributed by atoms with Crippen LogP contribution in [-0.4, -0.2) is 38.0 Å². The molecule has 0 radical (unpaired) electrons. The van der Waals surface area contributed by atoms with Gasteiger partial charge in [-0.05, 0) is 47.5 Å². The van der Waals surface area contributed by atoms with E-state index in [0.29, 0.717) is 18.2 Å². The molecule has 0 spiro atoms. The molecule has 20 heavy (non-hydrogen) atoms. The highest BCUT2D eigenvalue weighted by atomic mass is 32.2. The topological polar surface area (TPSA) is 69.9 Å². The van der Waals surface area contributed by atoms with Gasteiger partial charge in [0, 0.05) is 6.42 Å². The highest BCUT2D eigenvalue weighted by Gasteiger charge is 2.29. The summed E-state index contributed by atoms with van der Waals surface area (Å²) in [5.74, 6) is -0.190. The van der Waals surface area contributed by atoms with Gasteiger partial charge < -0.3 is 4.74 Å². The average molecular weight is 290 g/mol. The summed E-state index contributed by atoms with van der Waals surface area (Å²) in [6.07, 6.45) is 0.698. The molecule has 0 unspecified atom stereocenters. The summed E-state index contributed by atoms with van der Waals surface area (Å²) < 4.78 is 6.61. The van der Waals surface area contributed by atoms with E-state index in [1.807, 2.05) is 25.1 Å². The van der Waals surface area contributed by atoms with Gasteiger partial charge in [-0.3, -0.25) is 4.79 Å². The van der Waals surface area contributed by atoms with Crippen molar-refractivity contribution in [3.63, 3.8) is 0 Å². The van der Waals surface area contributed by atoms with Crippen LogP contribution in [0.25, 0.3) is 5.69 Å². The normalized spacial score (nSPS) is 18.3. The molecule has 1 fully saturated rings. The van der Waals surface area contributed by atoms with E-state index in [9.17, 15) is 4.79 Å². The van der Waals surface area contributed by atoms with Gasteiger partial charge in [0.1, 0.15) is 5.25 Å². The lowest BCUT2D eigenvalue weighted by atomic mass is 10.1. The maximum absolute atomic E-state index is 11.5. The number of aryl methyl sites for hydroxylation is 2. The molecule has 0 aliphatic carbocycles. The molecule has 1 aromatic heterocycles. The number of hydrogen-bond acceptors (Lipinski definition) is 6. The number of carbonyl (C=O) groups excluding carboxylic acids is 1. The molecule has 1 atom stereocenters. The minimum Gasteiger partial charge on any atom is -0.465 e. The van der Waals surface area contributed by atoms with E-state index in [1.54, 1.807) is 4.68 Å². The Balaban J connectivity index is 1.89. The van der Waals surface area contributed by atoms with E-state index in [-0.39, 0.29) is 11.2 Å². The molecular weight excluding hydrogens is 276 g/mol. The van der Waals surface area contributed by atoms with Gasteiger partial charge in [-0.1, -0.05) is 17.8 Å². The van der Waals surface area contributed by atoms with E-state index in [0.717, 1.165) is 5.69 Å². The fourth-order valence-electron chi connectivity index (χ4n) is 1.98. The van der Waals surface area contributed by atoms with Crippen molar-refractivity contribution >= 4 is 17.7 Å². The lowest BCUT2D eigenvalue weighted by molar-refractivity contribution is -0.137. The Hall–Kier alpha value is -1.89. The molecule has 0 saturated carbocycles. The predicted molar refractivity (Wildman–Crippen MR) is 73.8 cm³/mol. The Morgan fingerprint density at radius 1 is 1.35 bits per heavy atom. The molecule has 6 nitrogen and oxygen atoms in total. The molecule has 1 aliphatic heterocycles. The molecule has 104 valence electrons. The predicted octanol–water partition coefficient (Wildman–Crippen LogP) is 1.69. The highest BCUT2D eigenvalue weighted by molar-refractivity contribution is 8.00. The van der Waals surface area contributed by atoms with Crippen molar-refractivity contribution in [1.29, 1.82) is 0 Å². The first-order valence-corrected chi connectivity index (χ1v) is 7.22.